The number of carbonyl (C=O) groups excluding carboxylic acids is 3. The second-order valence-corrected chi connectivity index (χ2v) is 4.57. The maximum atomic E-state index is 12.3. The number of likely N-dealkylation sites (tertiary alicyclic amines) is 1. The number of β-amino-alcohol motifs (C(OH)–C–C–N with tert-alkyl or cyclic N) is 1. The number of aliphatic hydroxyl groups is 1. The summed E-state index contributed by atoms with van der Waals surface area (Å²) in [4.78, 5) is 37.6. The first-order valence-corrected chi connectivity index (χ1v) is 6.32. The Balaban J connectivity index is 3.12. The number of imide groups is 1. The van der Waals surface area contributed by atoms with Gasteiger partial charge in [0.15, 0.2) is 0 Å². The summed E-state index contributed by atoms with van der Waals surface area (Å²) in [6.45, 7) is 6.04. The number of aliphatic hydroxyl groups excluding tert-OH is 1. The molecule has 7 heteroatoms. The number of amides is 3. The highest BCUT2D eigenvalue weighted by Crippen LogP contribution is 2.27. The molecule has 21 heavy (non-hydrogen) atoms. The molecular formula is C14H19N3O4. The Kier molecular flexibility index (Phi) is 5.04. The van der Waals surface area contributed by atoms with Crippen molar-refractivity contribution in [3.05, 3.63) is 35.6 Å². The molecule has 1 heterocycles. The molecule has 0 aliphatic carbocycles. The molecule has 3 amide bonds. The SMILES string of the molecule is C=C/C(N)=C1/C(=O)N(CC(O)N(C)C(C)=O)C(=O)/C1=C/C. The molecule has 1 rings (SSSR count). The van der Waals surface area contributed by atoms with Crippen LogP contribution in [0.15, 0.2) is 35.6 Å². The summed E-state index contributed by atoms with van der Waals surface area (Å²) >= 11 is 0. The van der Waals surface area contributed by atoms with Crippen molar-refractivity contribution in [1.29, 1.82) is 0 Å². The molecular weight excluding hydrogens is 274 g/mol. The van der Waals surface area contributed by atoms with Crippen molar-refractivity contribution in [1.82, 2.24) is 9.80 Å². The smallest absolute Gasteiger partial charge is 0.263 e. The molecule has 1 saturated heterocycles. The van der Waals surface area contributed by atoms with Crippen molar-refractivity contribution in [3.63, 3.8) is 0 Å². The fraction of sp³-hybridized carbons (Fsp3) is 0.357. The van der Waals surface area contributed by atoms with Crippen LogP contribution in [-0.4, -0.2) is 52.4 Å². The maximum absolute atomic E-state index is 12.3. The Morgan fingerprint density at radius 2 is 2.05 bits per heavy atom. The molecule has 0 spiro atoms. The van der Waals surface area contributed by atoms with Crippen molar-refractivity contribution >= 4 is 17.7 Å². The molecule has 7 nitrogen and oxygen atoms in total. The Labute approximate surface area is 123 Å². The average Bonchev–Trinajstić information content (AvgIpc) is 2.69. The molecule has 114 valence electrons. The molecule has 0 aromatic rings. The second-order valence-electron chi connectivity index (χ2n) is 4.57. The summed E-state index contributed by atoms with van der Waals surface area (Å²) in [7, 11) is 1.38. The third-order valence-corrected chi connectivity index (χ3v) is 3.29. The third-order valence-electron chi connectivity index (χ3n) is 3.29. The van der Waals surface area contributed by atoms with Gasteiger partial charge in [0.2, 0.25) is 5.91 Å². The average molecular weight is 293 g/mol. The zero-order chi connectivity index (χ0) is 16.3. The van der Waals surface area contributed by atoms with E-state index < -0.39 is 18.0 Å². The van der Waals surface area contributed by atoms with Gasteiger partial charge in [0, 0.05) is 19.7 Å². The highest BCUT2D eigenvalue weighted by molar-refractivity contribution is 6.25. The summed E-state index contributed by atoms with van der Waals surface area (Å²) in [5.74, 6) is -1.55. The van der Waals surface area contributed by atoms with Crippen molar-refractivity contribution in [2.45, 2.75) is 20.1 Å². The number of carbonyl (C=O) groups is 3. The first-order chi connectivity index (χ1) is 9.76. The van der Waals surface area contributed by atoms with Gasteiger partial charge in [0.25, 0.3) is 11.8 Å². The molecule has 0 radical (unpaired) electrons. The minimum atomic E-state index is -1.28. The number of hydrogen-bond donors (Lipinski definition) is 2. The predicted molar refractivity (Wildman–Crippen MR) is 76.3 cm³/mol. The topological polar surface area (TPSA) is 104 Å². The van der Waals surface area contributed by atoms with Gasteiger partial charge in [-0.05, 0) is 13.0 Å². The highest BCUT2D eigenvalue weighted by Gasteiger charge is 2.40. The Morgan fingerprint density at radius 3 is 2.48 bits per heavy atom. The van der Waals surface area contributed by atoms with Gasteiger partial charge in [0.1, 0.15) is 6.23 Å². The lowest BCUT2D eigenvalue weighted by Crippen LogP contribution is -2.46. The first-order valence-electron chi connectivity index (χ1n) is 6.32. The van der Waals surface area contributed by atoms with E-state index in [1.807, 2.05) is 0 Å². The summed E-state index contributed by atoms with van der Waals surface area (Å²) in [5, 5.41) is 9.90. The lowest BCUT2D eigenvalue weighted by Gasteiger charge is -2.25. The summed E-state index contributed by atoms with van der Waals surface area (Å²) < 4.78 is 0. The largest absolute Gasteiger partial charge is 0.398 e. The number of rotatable bonds is 4. The van der Waals surface area contributed by atoms with E-state index in [1.54, 1.807) is 6.92 Å². The summed E-state index contributed by atoms with van der Waals surface area (Å²) in [6, 6.07) is 0. The van der Waals surface area contributed by atoms with Gasteiger partial charge < -0.3 is 15.7 Å². The molecule has 1 aliphatic heterocycles. The second kappa shape index (κ2) is 6.36. The van der Waals surface area contributed by atoms with Crippen molar-refractivity contribution < 1.29 is 19.5 Å². The molecule has 3 N–H and O–H groups in total. The third kappa shape index (κ3) is 3.03. The van der Waals surface area contributed by atoms with Crippen LogP contribution in [0.1, 0.15) is 13.8 Å². The monoisotopic (exact) mass is 293 g/mol. The van der Waals surface area contributed by atoms with E-state index in [0.29, 0.717) is 0 Å². The van der Waals surface area contributed by atoms with E-state index >= 15 is 0 Å². The van der Waals surface area contributed by atoms with Gasteiger partial charge >= 0.3 is 0 Å². The molecule has 0 aromatic heterocycles. The van der Waals surface area contributed by atoms with E-state index in [0.717, 1.165) is 9.80 Å². The number of likely N-dealkylation sites (N-methyl/N-ethyl adjacent to an activating group) is 1. The van der Waals surface area contributed by atoms with Crippen LogP contribution >= 0.6 is 0 Å². The van der Waals surface area contributed by atoms with Crippen LogP contribution in [0.3, 0.4) is 0 Å². The summed E-state index contributed by atoms with van der Waals surface area (Å²) in [6.07, 6.45) is 1.48. The molecule has 1 atom stereocenters. The van der Waals surface area contributed by atoms with Crippen LogP contribution in [0.5, 0.6) is 0 Å². The predicted octanol–water partition coefficient (Wildman–Crippen LogP) is -0.503. The molecule has 1 unspecified atom stereocenters. The molecule has 0 bridgehead atoms. The van der Waals surface area contributed by atoms with Gasteiger partial charge in [0.05, 0.1) is 17.7 Å². The highest BCUT2D eigenvalue weighted by atomic mass is 16.3. The lowest BCUT2D eigenvalue weighted by molar-refractivity contribution is -0.146. The zero-order valence-corrected chi connectivity index (χ0v) is 12.3. The van der Waals surface area contributed by atoms with Crippen LogP contribution in [0.2, 0.25) is 0 Å². The summed E-state index contributed by atoms with van der Waals surface area (Å²) in [5.41, 5.74) is 6.01. The zero-order valence-electron chi connectivity index (χ0n) is 12.3. The van der Waals surface area contributed by atoms with Crippen LogP contribution < -0.4 is 5.73 Å². The molecule has 1 aliphatic rings. The van der Waals surface area contributed by atoms with E-state index in [2.05, 4.69) is 6.58 Å². The van der Waals surface area contributed by atoms with Gasteiger partial charge in [-0.3, -0.25) is 19.3 Å². The minimum Gasteiger partial charge on any atom is -0.398 e. The quantitative estimate of drug-likeness (QED) is 0.413. The van der Waals surface area contributed by atoms with Crippen molar-refractivity contribution in [3.8, 4) is 0 Å². The van der Waals surface area contributed by atoms with Gasteiger partial charge in [-0.15, -0.1) is 0 Å². The van der Waals surface area contributed by atoms with Crippen molar-refractivity contribution in [2.75, 3.05) is 13.6 Å². The van der Waals surface area contributed by atoms with Crippen LogP contribution in [0.4, 0.5) is 0 Å². The van der Waals surface area contributed by atoms with E-state index in [9.17, 15) is 19.5 Å². The van der Waals surface area contributed by atoms with E-state index in [-0.39, 0.29) is 29.3 Å². The van der Waals surface area contributed by atoms with E-state index in [1.165, 1.54) is 26.1 Å². The minimum absolute atomic E-state index is 0.0650. The number of nitrogens with zero attached hydrogens (tertiary/aromatic N) is 2. The number of allylic oxidation sites excluding steroid dienone is 2. The van der Waals surface area contributed by atoms with Gasteiger partial charge in [-0.25, -0.2) is 0 Å². The fourth-order valence-electron chi connectivity index (χ4n) is 1.91. The number of nitrogens with two attached hydrogens (primary N) is 1. The maximum Gasteiger partial charge on any atom is 0.263 e. The Hall–Kier alpha value is -2.41. The van der Waals surface area contributed by atoms with Crippen LogP contribution in [-0.2, 0) is 14.4 Å². The fourth-order valence-corrected chi connectivity index (χ4v) is 1.91. The number of hydrogen-bond acceptors (Lipinski definition) is 5. The van der Waals surface area contributed by atoms with Crippen LogP contribution in [0.25, 0.3) is 0 Å². The Bertz CT molecular complexity index is 563. The molecule has 0 aromatic carbocycles. The van der Waals surface area contributed by atoms with Crippen molar-refractivity contribution in [2.24, 2.45) is 5.73 Å². The van der Waals surface area contributed by atoms with Gasteiger partial charge in [-0.1, -0.05) is 12.7 Å². The van der Waals surface area contributed by atoms with Crippen LogP contribution in [0, 0.1) is 0 Å². The Morgan fingerprint density at radius 1 is 1.48 bits per heavy atom. The molecule has 0 saturated carbocycles. The molecule has 1 fully saturated rings. The van der Waals surface area contributed by atoms with E-state index in [4.69, 9.17) is 5.73 Å². The first kappa shape index (κ1) is 16.6. The normalized spacial score (nSPS) is 20.8. The standard InChI is InChI=1S/C14H19N3O4/c1-5-9-12(10(15)6-2)14(21)17(13(9)20)7-11(19)16(4)8(3)18/h5-6,11,19H,2,7,15H2,1,3-4H3/b9-5+,12-10-. The lowest BCUT2D eigenvalue weighted by atomic mass is 10.1. The van der Waals surface area contributed by atoms with Gasteiger partial charge in [-0.2, -0.15) is 0 Å².